The number of amides is 1. The average Bonchev–Trinajstić information content (AvgIpc) is 2.94. The molecule has 4 heteroatoms. The van der Waals surface area contributed by atoms with Crippen LogP contribution >= 0.6 is 12.4 Å². The van der Waals surface area contributed by atoms with Crippen molar-refractivity contribution < 1.29 is 4.79 Å². The van der Waals surface area contributed by atoms with Gasteiger partial charge in [0.1, 0.15) is 0 Å². The van der Waals surface area contributed by atoms with E-state index in [4.69, 9.17) is 5.73 Å². The van der Waals surface area contributed by atoms with Crippen LogP contribution < -0.4 is 11.1 Å². The van der Waals surface area contributed by atoms with Crippen LogP contribution in [0.1, 0.15) is 63.4 Å². The molecule has 2 aliphatic rings. The maximum Gasteiger partial charge on any atom is 0.221 e. The summed E-state index contributed by atoms with van der Waals surface area (Å²) >= 11 is 0. The number of nitrogens with two attached hydrogens (primary N) is 1. The summed E-state index contributed by atoms with van der Waals surface area (Å²) in [5, 5.41) is 3.40. The molecule has 3 N–H and O–H groups in total. The first kappa shape index (κ1) is 18.3. The Balaban J connectivity index is 0.00000192. The summed E-state index contributed by atoms with van der Waals surface area (Å²) in [7, 11) is 0. The van der Waals surface area contributed by atoms with Crippen LogP contribution in [0.2, 0.25) is 0 Å². The largest absolute Gasteiger partial charge is 0.347 e. The Morgan fingerprint density at radius 2 is 1.78 bits per heavy atom. The standard InChI is InChI=1S/C19H28N2O.ClH/c20-17-11-7-8-15(17)14-18(22)21-19(12-5-2-6-13-19)16-9-3-1-4-10-16;/h1,3-4,9-10,15,17H,2,5-8,11-14,20H2,(H,21,22);1H/t15-,17+;/m0./s1. The monoisotopic (exact) mass is 336 g/mol. The highest BCUT2D eigenvalue weighted by molar-refractivity contribution is 5.85. The Morgan fingerprint density at radius 3 is 2.39 bits per heavy atom. The van der Waals surface area contributed by atoms with Gasteiger partial charge in [-0.05, 0) is 37.2 Å². The minimum Gasteiger partial charge on any atom is -0.347 e. The summed E-state index contributed by atoms with van der Waals surface area (Å²) in [6.45, 7) is 0. The van der Waals surface area contributed by atoms with Gasteiger partial charge in [0.05, 0.1) is 5.54 Å². The van der Waals surface area contributed by atoms with E-state index in [1.54, 1.807) is 0 Å². The second-order valence-electron chi connectivity index (χ2n) is 7.12. The minimum absolute atomic E-state index is 0. The van der Waals surface area contributed by atoms with Gasteiger partial charge in [0.25, 0.3) is 0 Å². The predicted molar refractivity (Wildman–Crippen MR) is 96.5 cm³/mol. The van der Waals surface area contributed by atoms with Crippen LogP contribution in [0.5, 0.6) is 0 Å². The lowest BCUT2D eigenvalue weighted by molar-refractivity contribution is -0.124. The van der Waals surface area contributed by atoms with E-state index in [0.717, 1.165) is 25.7 Å². The number of carbonyl (C=O) groups is 1. The molecule has 0 aromatic heterocycles. The van der Waals surface area contributed by atoms with Gasteiger partial charge in [-0.15, -0.1) is 12.4 Å². The summed E-state index contributed by atoms with van der Waals surface area (Å²) in [5.74, 6) is 0.560. The van der Waals surface area contributed by atoms with Gasteiger partial charge in [-0.2, -0.15) is 0 Å². The topological polar surface area (TPSA) is 55.1 Å². The molecule has 23 heavy (non-hydrogen) atoms. The summed E-state index contributed by atoms with van der Waals surface area (Å²) in [4.78, 5) is 12.6. The van der Waals surface area contributed by atoms with Crippen molar-refractivity contribution in [1.82, 2.24) is 5.32 Å². The number of benzene rings is 1. The van der Waals surface area contributed by atoms with E-state index in [9.17, 15) is 4.79 Å². The molecule has 2 fully saturated rings. The zero-order valence-electron chi connectivity index (χ0n) is 13.8. The normalized spacial score (nSPS) is 26.3. The molecule has 128 valence electrons. The number of halogens is 1. The van der Waals surface area contributed by atoms with Gasteiger partial charge in [-0.3, -0.25) is 4.79 Å². The second-order valence-corrected chi connectivity index (χ2v) is 7.12. The zero-order valence-corrected chi connectivity index (χ0v) is 14.6. The molecule has 3 rings (SSSR count). The van der Waals surface area contributed by atoms with Gasteiger partial charge >= 0.3 is 0 Å². The highest BCUT2D eigenvalue weighted by Gasteiger charge is 2.36. The Bertz CT molecular complexity index is 499. The predicted octanol–water partition coefficient (Wildman–Crippen LogP) is 3.90. The summed E-state index contributed by atoms with van der Waals surface area (Å²) < 4.78 is 0. The van der Waals surface area contributed by atoms with Crippen molar-refractivity contribution in [2.24, 2.45) is 11.7 Å². The summed E-state index contributed by atoms with van der Waals surface area (Å²) in [6, 6.07) is 10.7. The Morgan fingerprint density at radius 1 is 1.09 bits per heavy atom. The van der Waals surface area contributed by atoms with Crippen molar-refractivity contribution in [2.75, 3.05) is 0 Å². The van der Waals surface area contributed by atoms with Gasteiger partial charge in [0.2, 0.25) is 5.91 Å². The third-order valence-corrected chi connectivity index (χ3v) is 5.58. The number of rotatable bonds is 4. The first-order valence-electron chi connectivity index (χ1n) is 8.82. The summed E-state index contributed by atoms with van der Waals surface area (Å²) in [5.41, 5.74) is 7.23. The molecule has 2 aliphatic carbocycles. The Hall–Kier alpha value is -1.06. The van der Waals surface area contributed by atoms with E-state index in [-0.39, 0.29) is 29.9 Å². The molecule has 1 amide bonds. The average molecular weight is 337 g/mol. The molecular weight excluding hydrogens is 308 g/mol. The molecule has 1 aromatic carbocycles. The maximum atomic E-state index is 12.6. The van der Waals surface area contributed by atoms with E-state index < -0.39 is 0 Å². The number of carbonyl (C=O) groups excluding carboxylic acids is 1. The highest BCUT2D eigenvalue weighted by atomic mass is 35.5. The molecule has 0 radical (unpaired) electrons. The smallest absolute Gasteiger partial charge is 0.221 e. The fraction of sp³-hybridized carbons (Fsp3) is 0.632. The lowest BCUT2D eigenvalue weighted by atomic mass is 9.76. The SMILES string of the molecule is Cl.N[C@@H]1CCC[C@H]1CC(=O)NC1(c2ccccc2)CCCCC1. The Kier molecular flexibility index (Phi) is 6.49. The van der Waals surface area contributed by atoms with E-state index >= 15 is 0 Å². The van der Waals surface area contributed by atoms with Crippen LogP contribution in [0.15, 0.2) is 30.3 Å². The van der Waals surface area contributed by atoms with Crippen LogP contribution in [0.3, 0.4) is 0 Å². The van der Waals surface area contributed by atoms with Gasteiger partial charge < -0.3 is 11.1 Å². The van der Waals surface area contributed by atoms with Crippen LogP contribution in [0, 0.1) is 5.92 Å². The molecule has 0 unspecified atom stereocenters. The van der Waals surface area contributed by atoms with Crippen molar-refractivity contribution in [3.63, 3.8) is 0 Å². The third kappa shape index (κ3) is 4.27. The molecule has 1 aromatic rings. The molecule has 0 saturated heterocycles. The first-order valence-corrected chi connectivity index (χ1v) is 8.82. The van der Waals surface area contributed by atoms with Crippen molar-refractivity contribution in [3.05, 3.63) is 35.9 Å². The lowest BCUT2D eigenvalue weighted by Gasteiger charge is -2.39. The number of hydrogen-bond donors (Lipinski definition) is 2. The van der Waals surface area contributed by atoms with Gasteiger partial charge in [-0.1, -0.05) is 56.0 Å². The zero-order chi connectivity index (χ0) is 15.4. The van der Waals surface area contributed by atoms with Crippen molar-refractivity contribution >= 4 is 18.3 Å². The second kappa shape index (κ2) is 8.16. The van der Waals surface area contributed by atoms with E-state index in [0.29, 0.717) is 12.3 Å². The highest BCUT2D eigenvalue weighted by Crippen LogP contribution is 2.37. The third-order valence-electron chi connectivity index (χ3n) is 5.58. The van der Waals surface area contributed by atoms with Crippen LogP contribution in [0.25, 0.3) is 0 Å². The summed E-state index contributed by atoms with van der Waals surface area (Å²) in [6.07, 6.45) is 9.71. The molecule has 3 nitrogen and oxygen atoms in total. The fourth-order valence-electron chi connectivity index (χ4n) is 4.27. The number of nitrogens with one attached hydrogen (secondary N) is 1. The van der Waals surface area contributed by atoms with Crippen molar-refractivity contribution in [1.29, 1.82) is 0 Å². The maximum absolute atomic E-state index is 12.6. The van der Waals surface area contributed by atoms with Crippen molar-refractivity contribution in [3.8, 4) is 0 Å². The quantitative estimate of drug-likeness (QED) is 0.876. The lowest BCUT2D eigenvalue weighted by Crippen LogP contribution is -2.48. The van der Waals surface area contributed by atoms with E-state index in [2.05, 4.69) is 29.6 Å². The first-order chi connectivity index (χ1) is 10.7. The minimum atomic E-state index is -0.153. The number of hydrogen-bond acceptors (Lipinski definition) is 2. The van der Waals surface area contributed by atoms with Gasteiger partial charge in [-0.25, -0.2) is 0 Å². The van der Waals surface area contributed by atoms with Gasteiger partial charge in [0, 0.05) is 12.5 Å². The molecule has 0 aliphatic heterocycles. The Labute approximate surface area is 145 Å². The van der Waals surface area contributed by atoms with Gasteiger partial charge in [0.15, 0.2) is 0 Å². The van der Waals surface area contributed by atoms with Crippen LogP contribution in [0.4, 0.5) is 0 Å². The van der Waals surface area contributed by atoms with Crippen LogP contribution in [-0.4, -0.2) is 11.9 Å². The molecule has 0 spiro atoms. The van der Waals surface area contributed by atoms with Crippen LogP contribution in [-0.2, 0) is 10.3 Å². The molecule has 0 bridgehead atoms. The van der Waals surface area contributed by atoms with E-state index in [1.807, 2.05) is 6.07 Å². The molecule has 2 atom stereocenters. The molecular formula is C19H29ClN2O. The molecule has 2 saturated carbocycles. The fourth-order valence-corrected chi connectivity index (χ4v) is 4.27. The van der Waals surface area contributed by atoms with Crippen molar-refractivity contribution in [2.45, 2.75) is 69.4 Å². The molecule has 0 heterocycles. The van der Waals surface area contributed by atoms with E-state index in [1.165, 1.54) is 31.2 Å².